The van der Waals surface area contributed by atoms with E-state index in [-0.39, 0.29) is 0 Å². The Balaban J connectivity index is 2.35. The normalized spacial score (nSPS) is 10.4. The Morgan fingerprint density at radius 1 is 1.42 bits per heavy atom. The maximum Gasteiger partial charge on any atom is 0.283 e. The van der Waals surface area contributed by atoms with Crippen LogP contribution in [0.25, 0.3) is 11.7 Å². The molecule has 0 aliphatic heterocycles. The fraction of sp³-hybridized carbons (Fsp3) is 0.143. The molecule has 4 nitrogen and oxygen atoms in total. The average molecular weight is 229 g/mol. The molecule has 2 aromatic heterocycles. The molecule has 62 valence electrons. The summed E-state index contributed by atoms with van der Waals surface area (Å²) in [7, 11) is 0. The summed E-state index contributed by atoms with van der Waals surface area (Å²) in [4.78, 5) is 0. The Morgan fingerprint density at radius 2 is 2.33 bits per heavy atom. The van der Waals surface area contributed by atoms with E-state index >= 15 is 0 Å². The monoisotopic (exact) mass is 228 g/mol. The number of hydrogen-bond donors (Lipinski definition) is 0. The van der Waals surface area contributed by atoms with Gasteiger partial charge in [0, 0.05) is 0 Å². The summed E-state index contributed by atoms with van der Waals surface area (Å²) in [6, 6.07) is 3.54. The van der Waals surface area contributed by atoms with Crippen molar-refractivity contribution in [3.8, 4) is 11.7 Å². The van der Waals surface area contributed by atoms with Crippen molar-refractivity contribution in [3.05, 3.63) is 24.3 Å². The van der Waals surface area contributed by atoms with Crippen molar-refractivity contribution in [2.45, 2.75) is 5.33 Å². The van der Waals surface area contributed by atoms with E-state index < -0.39 is 0 Å². The molecule has 0 atom stereocenters. The smallest absolute Gasteiger partial charge is 0.283 e. The number of alkyl halides is 1. The van der Waals surface area contributed by atoms with Gasteiger partial charge in [-0.05, 0) is 12.1 Å². The second-order valence-corrected chi connectivity index (χ2v) is 2.67. The zero-order valence-corrected chi connectivity index (χ0v) is 7.61. The maximum absolute atomic E-state index is 5.21. The standard InChI is InChI=1S/C7H5BrN2O2/c8-4-6-9-10-7(12-6)5-2-1-3-11-5/h1-3H,4H2. The van der Waals surface area contributed by atoms with Gasteiger partial charge in [-0.1, -0.05) is 15.9 Å². The molecule has 0 aliphatic rings. The largest absolute Gasteiger partial charge is 0.459 e. The Bertz CT molecular complexity index is 355. The molecule has 0 bridgehead atoms. The third kappa shape index (κ3) is 1.27. The van der Waals surface area contributed by atoms with E-state index in [0.717, 1.165) is 0 Å². The van der Waals surface area contributed by atoms with Crippen LogP contribution in [0.2, 0.25) is 0 Å². The van der Waals surface area contributed by atoms with Crippen molar-refractivity contribution < 1.29 is 8.83 Å². The van der Waals surface area contributed by atoms with Crippen LogP contribution < -0.4 is 0 Å². The quantitative estimate of drug-likeness (QED) is 0.741. The van der Waals surface area contributed by atoms with Gasteiger partial charge in [-0.15, -0.1) is 10.2 Å². The van der Waals surface area contributed by atoms with Crippen LogP contribution in [0.3, 0.4) is 0 Å². The summed E-state index contributed by atoms with van der Waals surface area (Å²) in [6.07, 6.45) is 1.56. The van der Waals surface area contributed by atoms with Gasteiger partial charge in [0.05, 0.1) is 11.6 Å². The Morgan fingerprint density at radius 3 is 2.92 bits per heavy atom. The molecule has 0 radical (unpaired) electrons. The first-order valence-electron chi connectivity index (χ1n) is 3.32. The molecular formula is C7H5BrN2O2. The lowest BCUT2D eigenvalue weighted by molar-refractivity contribution is 0.495. The molecule has 0 amide bonds. The van der Waals surface area contributed by atoms with Crippen molar-refractivity contribution >= 4 is 15.9 Å². The van der Waals surface area contributed by atoms with Gasteiger partial charge in [-0.25, -0.2) is 0 Å². The van der Waals surface area contributed by atoms with Crippen LogP contribution in [0.1, 0.15) is 5.89 Å². The van der Waals surface area contributed by atoms with Crippen molar-refractivity contribution in [1.82, 2.24) is 10.2 Å². The topological polar surface area (TPSA) is 52.1 Å². The van der Waals surface area contributed by atoms with E-state index in [2.05, 4.69) is 26.1 Å². The van der Waals surface area contributed by atoms with Crippen LogP contribution in [0.5, 0.6) is 0 Å². The van der Waals surface area contributed by atoms with Gasteiger partial charge in [-0.3, -0.25) is 0 Å². The number of nitrogens with zero attached hydrogens (tertiary/aromatic N) is 2. The third-order valence-electron chi connectivity index (χ3n) is 1.31. The molecule has 0 aliphatic carbocycles. The molecule has 0 aromatic carbocycles. The molecular weight excluding hydrogens is 224 g/mol. The van der Waals surface area contributed by atoms with Crippen LogP contribution >= 0.6 is 15.9 Å². The van der Waals surface area contributed by atoms with Crippen molar-refractivity contribution in [2.75, 3.05) is 0 Å². The summed E-state index contributed by atoms with van der Waals surface area (Å²) in [6.45, 7) is 0. The molecule has 2 rings (SSSR count). The van der Waals surface area contributed by atoms with E-state index in [1.165, 1.54) is 0 Å². The molecule has 0 unspecified atom stereocenters. The molecule has 12 heavy (non-hydrogen) atoms. The predicted octanol–water partition coefficient (Wildman–Crippen LogP) is 2.22. The van der Waals surface area contributed by atoms with Gasteiger partial charge in [-0.2, -0.15) is 0 Å². The molecule has 5 heteroatoms. The van der Waals surface area contributed by atoms with Crippen LogP contribution in [-0.2, 0) is 5.33 Å². The Labute approximate surface area is 76.7 Å². The summed E-state index contributed by atoms with van der Waals surface area (Å²) >= 11 is 3.21. The van der Waals surface area contributed by atoms with Crippen molar-refractivity contribution in [2.24, 2.45) is 0 Å². The minimum absolute atomic E-state index is 0.412. The minimum Gasteiger partial charge on any atom is -0.459 e. The van der Waals surface area contributed by atoms with E-state index in [1.54, 1.807) is 18.4 Å². The number of aromatic nitrogens is 2. The highest BCUT2D eigenvalue weighted by atomic mass is 79.9. The highest BCUT2D eigenvalue weighted by Crippen LogP contribution is 2.18. The average Bonchev–Trinajstić information content (AvgIpc) is 2.75. The zero-order valence-electron chi connectivity index (χ0n) is 6.03. The first-order valence-corrected chi connectivity index (χ1v) is 4.44. The van der Waals surface area contributed by atoms with E-state index in [4.69, 9.17) is 8.83 Å². The fourth-order valence-electron chi connectivity index (χ4n) is 0.807. The van der Waals surface area contributed by atoms with E-state index in [0.29, 0.717) is 22.9 Å². The molecule has 0 saturated heterocycles. The molecule has 0 spiro atoms. The first-order chi connectivity index (χ1) is 5.90. The SMILES string of the molecule is BrCc1nnc(-c2ccco2)o1. The first kappa shape index (κ1) is 7.54. The van der Waals surface area contributed by atoms with Crippen LogP contribution in [0.15, 0.2) is 27.2 Å². The zero-order chi connectivity index (χ0) is 8.39. The van der Waals surface area contributed by atoms with Gasteiger partial charge < -0.3 is 8.83 Å². The van der Waals surface area contributed by atoms with Gasteiger partial charge in [0.25, 0.3) is 5.89 Å². The number of halogens is 1. The van der Waals surface area contributed by atoms with Gasteiger partial charge in [0.2, 0.25) is 5.89 Å². The summed E-state index contributed by atoms with van der Waals surface area (Å²) in [5, 5.41) is 8.11. The third-order valence-corrected chi connectivity index (χ3v) is 1.79. The second kappa shape index (κ2) is 3.10. The molecule has 2 heterocycles. The van der Waals surface area contributed by atoms with Crippen LogP contribution in [0, 0.1) is 0 Å². The highest BCUT2D eigenvalue weighted by Gasteiger charge is 2.08. The summed E-state index contributed by atoms with van der Waals surface area (Å²) in [5.41, 5.74) is 0. The second-order valence-electron chi connectivity index (χ2n) is 2.11. The summed E-state index contributed by atoms with van der Waals surface area (Å²) in [5.74, 6) is 1.55. The van der Waals surface area contributed by atoms with Crippen LogP contribution in [-0.4, -0.2) is 10.2 Å². The number of hydrogen-bond acceptors (Lipinski definition) is 4. The van der Waals surface area contributed by atoms with E-state index in [1.807, 2.05) is 0 Å². The fourth-order valence-corrected chi connectivity index (χ4v) is 1.03. The molecule has 0 fully saturated rings. The maximum atomic E-state index is 5.21. The van der Waals surface area contributed by atoms with Crippen LogP contribution in [0.4, 0.5) is 0 Å². The minimum atomic E-state index is 0.412. The number of rotatable bonds is 2. The Kier molecular flexibility index (Phi) is 1.95. The van der Waals surface area contributed by atoms with Gasteiger partial charge >= 0.3 is 0 Å². The highest BCUT2D eigenvalue weighted by molar-refractivity contribution is 9.08. The molecule has 0 saturated carbocycles. The Hall–Kier alpha value is -1.10. The van der Waals surface area contributed by atoms with Crippen molar-refractivity contribution in [3.63, 3.8) is 0 Å². The molecule has 2 aromatic rings. The van der Waals surface area contributed by atoms with Crippen molar-refractivity contribution in [1.29, 1.82) is 0 Å². The molecule has 0 N–H and O–H groups in total. The van der Waals surface area contributed by atoms with Gasteiger partial charge in [0.15, 0.2) is 5.76 Å². The van der Waals surface area contributed by atoms with Gasteiger partial charge in [0.1, 0.15) is 0 Å². The lowest BCUT2D eigenvalue weighted by Crippen LogP contribution is -1.73. The predicted molar refractivity (Wildman–Crippen MR) is 44.6 cm³/mol. The lowest BCUT2D eigenvalue weighted by atomic mass is 10.5. The number of furan rings is 1. The summed E-state index contributed by atoms with van der Waals surface area (Å²) < 4.78 is 10.3. The lowest BCUT2D eigenvalue weighted by Gasteiger charge is -1.83. The van der Waals surface area contributed by atoms with E-state index in [9.17, 15) is 0 Å².